The molecule has 1 aromatic carbocycles. The number of hydrogen-bond acceptors (Lipinski definition) is 4. The van der Waals surface area contributed by atoms with Gasteiger partial charge in [0.15, 0.2) is 0 Å². The van der Waals surface area contributed by atoms with Gasteiger partial charge in [-0.1, -0.05) is 25.4 Å². The Labute approximate surface area is 117 Å². The molecule has 0 aromatic heterocycles. The number of benzene rings is 1. The minimum Gasteiger partial charge on any atom is -0.375 e. The zero-order valence-corrected chi connectivity index (χ0v) is 11.9. The van der Waals surface area contributed by atoms with Gasteiger partial charge >= 0.3 is 0 Å². The van der Waals surface area contributed by atoms with Gasteiger partial charge < -0.3 is 10.5 Å². The van der Waals surface area contributed by atoms with Gasteiger partial charge in [0.05, 0.1) is 23.2 Å². The molecule has 0 aliphatic carbocycles. The number of nitro benzene ring substituents is 1. The first-order chi connectivity index (χ1) is 8.91. The molecule has 0 saturated heterocycles. The Hall–Kier alpha value is -1.17. The molecule has 0 spiro atoms. The molecular formula is C13H19ClN2O3. The first-order valence-electron chi connectivity index (χ1n) is 6.21. The molecule has 19 heavy (non-hydrogen) atoms. The van der Waals surface area contributed by atoms with Gasteiger partial charge in [0.2, 0.25) is 0 Å². The van der Waals surface area contributed by atoms with Crippen LogP contribution in [0.2, 0.25) is 5.02 Å². The van der Waals surface area contributed by atoms with Crippen LogP contribution in [0.4, 0.5) is 5.69 Å². The highest BCUT2D eigenvalue weighted by atomic mass is 35.5. The summed E-state index contributed by atoms with van der Waals surface area (Å²) in [4.78, 5) is 10.1. The van der Waals surface area contributed by atoms with Crippen LogP contribution in [0.5, 0.6) is 0 Å². The Bertz CT molecular complexity index is 448. The van der Waals surface area contributed by atoms with E-state index in [2.05, 4.69) is 0 Å². The fourth-order valence-electron chi connectivity index (χ4n) is 1.59. The van der Waals surface area contributed by atoms with E-state index in [1.807, 2.05) is 13.8 Å². The lowest BCUT2D eigenvalue weighted by Gasteiger charge is -2.26. The Kier molecular flexibility index (Phi) is 5.72. The lowest BCUT2D eigenvalue weighted by Crippen LogP contribution is -2.43. The van der Waals surface area contributed by atoms with Gasteiger partial charge in [-0.05, 0) is 24.5 Å². The van der Waals surface area contributed by atoms with Gasteiger partial charge in [-0.25, -0.2) is 0 Å². The van der Waals surface area contributed by atoms with Crippen LogP contribution in [0.3, 0.4) is 0 Å². The standard InChI is InChI=1S/C13H19ClN2O3/c1-3-13(15,4-2)9-19-8-10-5-6-11(16(17)18)7-12(10)14/h5-7H,3-4,8-9,15H2,1-2H3. The summed E-state index contributed by atoms with van der Waals surface area (Å²) in [5.74, 6) is 0. The summed E-state index contributed by atoms with van der Waals surface area (Å²) in [7, 11) is 0. The average Bonchev–Trinajstić information content (AvgIpc) is 2.40. The van der Waals surface area contributed by atoms with Crippen LogP contribution in [0.25, 0.3) is 0 Å². The molecule has 0 aliphatic heterocycles. The third-order valence-corrected chi connectivity index (χ3v) is 3.65. The lowest BCUT2D eigenvalue weighted by atomic mass is 9.96. The first-order valence-corrected chi connectivity index (χ1v) is 6.59. The summed E-state index contributed by atoms with van der Waals surface area (Å²) in [6, 6.07) is 4.35. The number of ether oxygens (including phenoxy) is 1. The maximum absolute atomic E-state index is 10.6. The number of rotatable bonds is 7. The molecule has 0 heterocycles. The molecule has 5 nitrogen and oxygen atoms in total. The van der Waals surface area contributed by atoms with Crippen molar-refractivity contribution >= 4 is 17.3 Å². The van der Waals surface area contributed by atoms with E-state index in [4.69, 9.17) is 22.1 Å². The quantitative estimate of drug-likeness (QED) is 0.616. The molecular weight excluding hydrogens is 268 g/mol. The van der Waals surface area contributed by atoms with Crippen molar-refractivity contribution < 1.29 is 9.66 Å². The molecule has 106 valence electrons. The predicted octanol–water partition coefficient (Wildman–Crippen LogP) is 3.28. The second-order valence-electron chi connectivity index (χ2n) is 4.60. The van der Waals surface area contributed by atoms with E-state index in [1.165, 1.54) is 12.1 Å². The van der Waals surface area contributed by atoms with Crippen LogP contribution >= 0.6 is 11.6 Å². The van der Waals surface area contributed by atoms with Gasteiger partial charge in [-0.3, -0.25) is 10.1 Å². The second-order valence-corrected chi connectivity index (χ2v) is 5.00. The molecule has 0 unspecified atom stereocenters. The monoisotopic (exact) mass is 286 g/mol. The smallest absolute Gasteiger partial charge is 0.270 e. The third kappa shape index (κ3) is 4.45. The number of nitrogens with two attached hydrogens (primary N) is 1. The van der Waals surface area contributed by atoms with Crippen LogP contribution in [-0.4, -0.2) is 17.1 Å². The normalized spacial score (nSPS) is 11.6. The summed E-state index contributed by atoms with van der Waals surface area (Å²) < 4.78 is 5.57. The van der Waals surface area contributed by atoms with Crippen molar-refractivity contribution in [2.24, 2.45) is 5.73 Å². The summed E-state index contributed by atoms with van der Waals surface area (Å²) in [5, 5.41) is 10.9. The zero-order valence-electron chi connectivity index (χ0n) is 11.2. The third-order valence-electron chi connectivity index (χ3n) is 3.30. The molecule has 1 aromatic rings. The highest BCUT2D eigenvalue weighted by molar-refractivity contribution is 6.31. The van der Waals surface area contributed by atoms with Crippen molar-refractivity contribution in [3.63, 3.8) is 0 Å². The van der Waals surface area contributed by atoms with Crippen molar-refractivity contribution in [1.82, 2.24) is 0 Å². The second kappa shape index (κ2) is 6.84. The average molecular weight is 287 g/mol. The van der Waals surface area contributed by atoms with E-state index in [0.717, 1.165) is 18.4 Å². The molecule has 0 radical (unpaired) electrons. The van der Waals surface area contributed by atoms with Crippen molar-refractivity contribution in [2.45, 2.75) is 38.8 Å². The van der Waals surface area contributed by atoms with Crippen LogP contribution in [-0.2, 0) is 11.3 Å². The molecule has 0 saturated carbocycles. The van der Waals surface area contributed by atoms with Crippen molar-refractivity contribution in [1.29, 1.82) is 0 Å². The predicted molar refractivity (Wildman–Crippen MR) is 75.3 cm³/mol. The van der Waals surface area contributed by atoms with Crippen LogP contribution in [0.15, 0.2) is 18.2 Å². The van der Waals surface area contributed by atoms with Gasteiger partial charge in [0.25, 0.3) is 5.69 Å². The molecule has 0 atom stereocenters. The summed E-state index contributed by atoms with van der Waals surface area (Å²) in [6.07, 6.45) is 1.66. The van der Waals surface area contributed by atoms with Gasteiger partial charge in [-0.2, -0.15) is 0 Å². The minimum atomic E-state index is -0.477. The number of hydrogen-bond donors (Lipinski definition) is 1. The number of non-ortho nitro benzene ring substituents is 1. The summed E-state index contributed by atoms with van der Waals surface area (Å²) in [5.41, 5.74) is 6.49. The van der Waals surface area contributed by atoms with Crippen molar-refractivity contribution in [3.05, 3.63) is 38.9 Å². The Balaban J connectivity index is 2.61. The summed E-state index contributed by atoms with van der Waals surface area (Å²) in [6.45, 7) is 4.78. The molecule has 1 rings (SSSR count). The molecule has 6 heteroatoms. The molecule has 0 bridgehead atoms. The van der Waals surface area contributed by atoms with Crippen LogP contribution in [0.1, 0.15) is 32.3 Å². The Morgan fingerprint density at radius 3 is 2.53 bits per heavy atom. The van der Waals surface area contributed by atoms with Crippen LogP contribution in [0, 0.1) is 10.1 Å². The minimum absolute atomic E-state index is 0.0240. The van der Waals surface area contributed by atoms with E-state index in [0.29, 0.717) is 18.2 Å². The summed E-state index contributed by atoms with van der Waals surface area (Å²) >= 11 is 5.98. The van der Waals surface area contributed by atoms with Gasteiger partial charge in [0, 0.05) is 17.7 Å². The van der Waals surface area contributed by atoms with Crippen molar-refractivity contribution in [3.8, 4) is 0 Å². The maximum Gasteiger partial charge on any atom is 0.270 e. The fraction of sp³-hybridized carbons (Fsp3) is 0.538. The highest BCUT2D eigenvalue weighted by Gasteiger charge is 2.20. The molecule has 2 N–H and O–H groups in total. The number of nitrogens with zero attached hydrogens (tertiary/aromatic N) is 1. The van der Waals surface area contributed by atoms with Gasteiger partial charge in [0.1, 0.15) is 0 Å². The topological polar surface area (TPSA) is 78.4 Å². The fourth-order valence-corrected chi connectivity index (χ4v) is 1.81. The number of halogens is 1. The Morgan fingerprint density at radius 1 is 1.42 bits per heavy atom. The Morgan fingerprint density at radius 2 is 2.05 bits per heavy atom. The van der Waals surface area contributed by atoms with Crippen LogP contribution < -0.4 is 5.73 Å². The number of nitro groups is 1. The SMILES string of the molecule is CCC(N)(CC)COCc1ccc([N+](=O)[O-])cc1Cl. The highest BCUT2D eigenvalue weighted by Crippen LogP contribution is 2.23. The van der Waals surface area contributed by atoms with E-state index >= 15 is 0 Å². The first kappa shape index (κ1) is 15.9. The lowest BCUT2D eigenvalue weighted by molar-refractivity contribution is -0.384. The molecule has 0 fully saturated rings. The van der Waals surface area contributed by atoms with Crippen molar-refractivity contribution in [2.75, 3.05) is 6.61 Å². The van der Waals surface area contributed by atoms with E-state index in [-0.39, 0.29) is 11.2 Å². The van der Waals surface area contributed by atoms with Gasteiger partial charge in [-0.15, -0.1) is 0 Å². The largest absolute Gasteiger partial charge is 0.375 e. The van der Waals surface area contributed by atoms with E-state index in [1.54, 1.807) is 6.07 Å². The molecule has 0 amide bonds. The van der Waals surface area contributed by atoms with E-state index in [9.17, 15) is 10.1 Å². The zero-order chi connectivity index (χ0) is 14.5. The maximum atomic E-state index is 10.6. The molecule has 0 aliphatic rings. The van der Waals surface area contributed by atoms with E-state index < -0.39 is 4.92 Å².